The number of aromatic nitrogens is 2. The third-order valence-corrected chi connectivity index (χ3v) is 3.04. The second-order valence-corrected chi connectivity index (χ2v) is 5.28. The molecule has 0 aliphatic rings. The zero-order chi connectivity index (χ0) is 17.4. The van der Waals surface area contributed by atoms with E-state index in [0.717, 1.165) is 6.33 Å². The van der Waals surface area contributed by atoms with Crippen LogP contribution in [0.15, 0.2) is 12.5 Å². The van der Waals surface area contributed by atoms with Crippen LogP contribution in [0.2, 0.25) is 0 Å². The first-order chi connectivity index (χ1) is 9.70. The SMILES string of the molecule is O=C(OC(CS(=O)(=O)[O-])(C(F)(F)F)C(F)(F)F)c1cnc[nH]1. The maximum atomic E-state index is 12.8. The van der Waals surface area contributed by atoms with E-state index in [1.165, 1.54) is 0 Å². The predicted octanol–water partition coefficient (Wildman–Crippen LogP) is 0.975. The Morgan fingerprint density at radius 2 is 1.73 bits per heavy atom. The summed E-state index contributed by atoms with van der Waals surface area (Å²) in [4.78, 5) is 16.4. The first kappa shape index (κ1) is 18.2. The number of aromatic amines is 1. The summed E-state index contributed by atoms with van der Waals surface area (Å²) < 4.78 is 111. The Hall–Kier alpha value is -1.83. The minimum absolute atomic E-state index is 0.547. The molecule has 0 saturated carbocycles. The van der Waals surface area contributed by atoms with Crippen molar-refractivity contribution in [3.63, 3.8) is 0 Å². The molecule has 0 atom stereocenters. The molecule has 1 aromatic rings. The third-order valence-electron chi connectivity index (χ3n) is 2.28. The van der Waals surface area contributed by atoms with Crippen LogP contribution >= 0.6 is 0 Å². The van der Waals surface area contributed by atoms with Crippen LogP contribution in [0.1, 0.15) is 10.5 Å². The maximum absolute atomic E-state index is 12.8. The number of hydrogen-bond donors (Lipinski definition) is 1. The van der Waals surface area contributed by atoms with Crippen molar-refractivity contribution < 1.29 is 48.8 Å². The Balaban J connectivity index is 3.40. The van der Waals surface area contributed by atoms with Gasteiger partial charge in [0.2, 0.25) is 0 Å². The molecule has 1 rings (SSSR count). The fourth-order valence-corrected chi connectivity index (χ4v) is 2.18. The van der Waals surface area contributed by atoms with E-state index in [9.17, 15) is 44.1 Å². The number of imidazole rings is 1. The maximum Gasteiger partial charge on any atom is 0.438 e. The van der Waals surface area contributed by atoms with Gasteiger partial charge in [0.15, 0.2) is 0 Å². The van der Waals surface area contributed by atoms with Gasteiger partial charge in [0.1, 0.15) is 5.69 Å². The number of rotatable bonds is 4. The Morgan fingerprint density at radius 3 is 2.05 bits per heavy atom. The average Bonchev–Trinajstić information content (AvgIpc) is 2.75. The van der Waals surface area contributed by atoms with Gasteiger partial charge in [0, 0.05) is 0 Å². The largest absolute Gasteiger partial charge is 0.748 e. The van der Waals surface area contributed by atoms with Crippen molar-refractivity contribution in [2.75, 3.05) is 5.75 Å². The number of hydrogen-bond acceptors (Lipinski definition) is 6. The molecule has 1 aromatic heterocycles. The summed E-state index contributed by atoms with van der Waals surface area (Å²) in [7, 11) is -6.06. The highest BCUT2D eigenvalue weighted by atomic mass is 32.2. The van der Waals surface area contributed by atoms with E-state index in [1.54, 1.807) is 0 Å². The Morgan fingerprint density at radius 1 is 1.23 bits per heavy atom. The molecule has 0 aromatic carbocycles. The number of nitrogens with zero attached hydrogens (tertiary/aromatic N) is 1. The van der Waals surface area contributed by atoms with Gasteiger partial charge in [0.05, 0.1) is 28.4 Å². The molecule has 126 valence electrons. The lowest BCUT2D eigenvalue weighted by atomic mass is 10.1. The van der Waals surface area contributed by atoms with Crippen LogP contribution in [0.25, 0.3) is 0 Å². The van der Waals surface area contributed by atoms with Crippen molar-refractivity contribution in [1.82, 2.24) is 9.97 Å². The molecule has 0 radical (unpaired) electrons. The van der Waals surface area contributed by atoms with Gasteiger partial charge in [-0.15, -0.1) is 0 Å². The molecule has 7 nitrogen and oxygen atoms in total. The zero-order valence-electron chi connectivity index (χ0n) is 10.0. The summed E-state index contributed by atoms with van der Waals surface area (Å²) in [6.45, 7) is 0. The number of halogens is 6. The fourth-order valence-electron chi connectivity index (χ4n) is 1.30. The van der Waals surface area contributed by atoms with Crippen LogP contribution in [0.5, 0.6) is 0 Å². The van der Waals surface area contributed by atoms with E-state index in [1.807, 2.05) is 4.98 Å². The van der Waals surface area contributed by atoms with Crippen molar-refractivity contribution in [1.29, 1.82) is 0 Å². The van der Waals surface area contributed by atoms with E-state index >= 15 is 0 Å². The van der Waals surface area contributed by atoms with Gasteiger partial charge >= 0.3 is 23.9 Å². The summed E-state index contributed by atoms with van der Waals surface area (Å²) >= 11 is 0. The highest BCUT2D eigenvalue weighted by Crippen LogP contribution is 2.47. The quantitative estimate of drug-likeness (QED) is 0.489. The molecular formula is C8H5F6N2O5S-. The minimum atomic E-state index is -6.40. The second kappa shape index (κ2) is 5.42. The molecule has 1 N–H and O–H groups in total. The number of carbonyl (C=O) groups excluding carboxylic acids is 1. The van der Waals surface area contributed by atoms with E-state index in [4.69, 9.17) is 0 Å². The molecule has 14 heteroatoms. The van der Waals surface area contributed by atoms with E-state index < -0.39 is 45.5 Å². The van der Waals surface area contributed by atoms with Crippen LogP contribution in [-0.2, 0) is 14.9 Å². The number of carbonyl (C=O) groups is 1. The lowest BCUT2D eigenvalue weighted by Gasteiger charge is -2.36. The van der Waals surface area contributed by atoms with Crippen LogP contribution in [0.3, 0.4) is 0 Å². The summed E-state index contributed by atoms with van der Waals surface area (Å²) in [6, 6.07) is 0. The molecule has 0 bridgehead atoms. The lowest BCUT2D eigenvalue weighted by molar-refractivity contribution is -0.356. The molecule has 0 unspecified atom stereocenters. The molecule has 0 aliphatic carbocycles. The van der Waals surface area contributed by atoms with Gasteiger partial charge in [-0.25, -0.2) is 18.2 Å². The minimum Gasteiger partial charge on any atom is -0.748 e. The summed E-state index contributed by atoms with van der Waals surface area (Å²) in [6.07, 6.45) is -11.5. The lowest BCUT2D eigenvalue weighted by Crippen LogP contribution is -2.63. The van der Waals surface area contributed by atoms with Crippen LogP contribution < -0.4 is 0 Å². The molecule has 0 amide bonds. The number of ether oxygens (including phenoxy) is 1. The smallest absolute Gasteiger partial charge is 0.438 e. The predicted molar refractivity (Wildman–Crippen MR) is 53.4 cm³/mol. The summed E-state index contributed by atoms with van der Waals surface area (Å²) in [5, 5.41) is 0. The molecule has 0 aliphatic heterocycles. The van der Waals surface area contributed by atoms with Crippen LogP contribution in [0, 0.1) is 0 Å². The van der Waals surface area contributed by atoms with Gasteiger partial charge in [-0.3, -0.25) is 0 Å². The van der Waals surface area contributed by atoms with Gasteiger partial charge < -0.3 is 14.3 Å². The van der Waals surface area contributed by atoms with E-state index in [0.29, 0.717) is 6.20 Å². The van der Waals surface area contributed by atoms with Crippen molar-refractivity contribution in [2.45, 2.75) is 18.0 Å². The van der Waals surface area contributed by atoms with E-state index in [-0.39, 0.29) is 0 Å². The molecule has 0 fully saturated rings. The molecule has 0 saturated heterocycles. The van der Waals surface area contributed by atoms with Crippen LogP contribution in [-0.4, -0.2) is 52.6 Å². The Labute approximate surface area is 118 Å². The van der Waals surface area contributed by atoms with Crippen molar-refractivity contribution in [3.8, 4) is 0 Å². The molecule has 0 spiro atoms. The first-order valence-electron chi connectivity index (χ1n) is 4.98. The monoisotopic (exact) mass is 355 g/mol. The van der Waals surface area contributed by atoms with E-state index in [2.05, 4.69) is 9.72 Å². The molecule has 1 heterocycles. The highest BCUT2D eigenvalue weighted by Gasteiger charge is 2.75. The number of alkyl halides is 6. The normalized spacial score (nSPS) is 14.0. The summed E-state index contributed by atoms with van der Waals surface area (Å²) in [5.74, 6) is -5.23. The number of H-pyrrole nitrogens is 1. The highest BCUT2D eigenvalue weighted by molar-refractivity contribution is 7.85. The number of nitrogens with one attached hydrogen (secondary N) is 1. The van der Waals surface area contributed by atoms with Gasteiger partial charge in [-0.1, -0.05) is 0 Å². The second-order valence-electron chi connectivity index (χ2n) is 3.88. The number of esters is 1. The zero-order valence-corrected chi connectivity index (χ0v) is 10.8. The van der Waals surface area contributed by atoms with Crippen molar-refractivity contribution in [2.24, 2.45) is 0 Å². The molecule has 22 heavy (non-hydrogen) atoms. The Kier molecular flexibility index (Phi) is 4.49. The van der Waals surface area contributed by atoms with Crippen molar-refractivity contribution in [3.05, 3.63) is 18.2 Å². The average molecular weight is 355 g/mol. The van der Waals surface area contributed by atoms with Crippen molar-refractivity contribution >= 4 is 16.1 Å². The third kappa shape index (κ3) is 3.68. The molecular weight excluding hydrogens is 350 g/mol. The topological polar surface area (TPSA) is 112 Å². The van der Waals surface area contributed by atoms with Gasteiger partial charge in [0.25, 0.3) is 0 Å². The van der Waals surface area contributed by atoms with Gasteiger partial charge in [-0.05, 0) is 0 Å². The van der Waals surface area contributed by atoms with Crippen LogP contribution in [0.4, 0.5) is 26.3 Å². The first-order valence-corrected chi connectivity index (χ1v) is 6.56. The standard InChI is InChI=1S/C8H6F6N2O5S/c9-7(10,11)6(8(12,13)14,2-22(18,19)20)21-5(17)4-1-15-3-16-4/h1,3H,2H2,(H,15,16)(H,18,19,20)/p-1. The summed E-state index contributed by atoms with van der Waals surface area (Å²) in [5.41, 5.74) is -6.40. The van der Waals surface area contributed by atoms with Gasteiger partial charge in [-0.2, -0.15) is 26.3 Å². The fraction of sp³-hybridized carbons (Fsp3) is 0.500. The Bertz CT molecular complexity index is 621.